The molecule has 0 radical (unpaired) electrons. The van der Waals surface area contributed by atoms with Crippen molar-refractivity contribution in [2.24, 2.45) is 5.41 Å². The van der Waals surface area contributed by atoms with Crippen LogP contribution >= 0.6 is 0 Å². The molecule has 0 amide bonds. The second-order valence-electron chi connectivity index (χ2n) is 10.9. The molecule has 0 aliphatic carbocycles. The molecule has 198 valence electrons. The molecule has 0 spiro atoms. The number of aliphatic hydroxyl groups is 2. The van der Waals surface area contributed by atoms with Crippen LogP contribution in [0.15, 0.2) is 42.5 Å². The standard InChI is InChI=1S/C31H44O5/c1-8-31(9-2,24-12-10-23(21(3)18-24)11-16-28(33)30(5,6)7)25-13-15-27(22(4)19-25)36-20-26(32)14-17-29(34)35/h10-13,15-16,18-19,26,28,32-33H,8-9,14,17,20H2,1-7H3,(H,34,35)/b16-11+/t26-,28?/m1/s1. The largest absolute Gasteiger partial charge is 0.491 e. The summed E-state index contributed by atoms with van der Waals surface area (Å²) >= 11 is 0. The highest BCUT2D eigenvalue weighted by Crippen LogP contribution is 2.41. The topological polar surface area (TPSA) is 87.0 Å². The molecule has 0 aliphatic rings. The fourth-order valence-electron chi connectivity index (χ4n) is 4.55. The first kappa shape index (κ1) is 29.6. The van der Waals surface area contributed by atoms with Gasteiger partial charge in [-0.15, -0.1) is 0 Å². The maximum atomic E-state index is 10.7. The summed E-state index contributed by atoms with van der Waals surface area (Å²) in [6, 6.07) is 12.8. The van der Waals surface area contributed by atoms with Gasteiger partial charge in [0.15, 0.2) is 0 Å². The Morgan fingerprint density at radius 1 is 0.972 bits per heavy atom. The fraction of sp³-hybridized carbons (Fsp3) is 0.516. The summed E-state index contributed by atoms with van der Waals surface area (Å²) in [7, 11) is 0. The predicted octanol–water partition coefficient (Wildman–Crippen LogP) is 6.43. The summed E-state index contributed by atoms with van der Waals surface area (Å²) in [5, 5.41) is 29.2. The Bertz CT molecular complexity index is 1040. The number of rotatable bonds is 12. The van der Waals surface area contributed by atoms with Crippen LogP contribution in [0.25, 0.3) is 6.08 Å². The molecular weight excluding hydrogens is 452 g/mol. The number of ether oxygens (including phenoxy) is 1. The van der Waals surface area contributed by atoms with Gasteiger partial charge in [0.05, 0.1) is 12.2 Å². The smallest absolute Gasteiger partial charge is 0.303 e. The van der Waals surface area contributed by atoms with Crippen molar-refractivity contribution in [1.29, 1.82) is 0 Å². The van der Waals surface area contributed by atoms with Gasteiger partial charge in [0.2, 0.25) is 0 Å². The summed E-state index contributed by atoms with van der Waals surface area (Å²) in [5.41, 5.74) is 5.38. The monoisotopic (exact) mass is 496 g/mol. The van der Waals surface area contributed by atoms with Gasteiger partial charge >= 0.3 is 5.97 Å². The molecule has 1 unspecified atom stereocenters. The highest BCUT2D eigenvalue weighted by Gasteiger charge is 2.31. The lowest BCUT2D eigenvalue weighted by Gasteiger charge is -2.34. The van der Waals surface area contributed by atoms with E-state index in [0.29, 0.717) is 5.75 Å². The summed E-state index contributed by atoms with van der Waals surface area (Å²) in [4.78, 5) is 10.7. The normalized spacial score (nSPS) is 14.1. The Balaban J connectivity index is 2.29. The van der Waals surface area contributed by atoms with Crippen molar-refractivity contribution >= 4 is 12.0 Å². The van der Waals surface area contributed by atoms with Gasteiger partial charge in [0.1, 0.15) is 12.4 Å². The fourth-order valence-corrected chi connectivity index (χ4v) is 4.55. The van der Waals surface area contributed by atoms with Crippen LogP contribution in [0.5, 0.6) is 5.75 Å². The molecule has 5 nitrogen and oxygen atoms in total. The first-order chi connectivity index (χ1) is 16.8. The zero-order valence-electron chi connectivity index (χ0n) is 23.0. The molecule has 0 saturated heterocycles. The molecule has 0 aliphatic heterocycles. The predicted molar refractivity (Wildman–Crippen MR) is 147 cm³/mol. The van der Waals surface area contributed by atoms with Gasteiger partial charge in [0.25, 0.3) is 0 Å². The van der Waals surface area contributed by atoms with Gasteiger partial charge in [0, 0.05) is 11.8 Å². The number of aliphatic carboxylic acids is 1. The van der Waals surface area contributed by atoms with E-state index in [1.807, 2.05) is 45.9 Å². The zero-order valence-corrected chi connectivity index (χ0v) is 23.0. The molecule has 2 atom stereocenters. The minimum atomic E-state index is -0.924. The van der Waals surface area contributed by atoms with Gasteiger partial charge in [-0.05, 0) is 72.4 Å². The first-order valence-electron chi connectivity index (χ1n) is 12.9. The number of carboxylic acids is 1. The maximum absolute atomic E-state index is 10.7. The van der Waals surface area contributed by atoms with E-state index in [0.717, 1.165) is 24.0 Å². The Kier molecular flexibility index (Phi) is 10.3. The van der Waals surface area contributed by atoms with Crippen LogP contribution in [0.3, 0.4) is 0 Å². The summed E-state index contributed by atoms with van der Waals surface area (Å²) in [5.74, 6) is -0.227. The molecule has 0 fully saturated rings. The third-order valence-corrected chi connectivity index (χ3v) is 7.23. The Labute approximate surface area is 216 Å². The molecule has 0 saturated carbocycles. The second-order valence-corrected chi connectivity index (χ2v) is 10.9. The molecule has 5 heteroatoms. The highest BCUT2D eigenvalue weighted by atomic mass is 16.5. The van der Waals surface area contributed by atoms with Crippen molar-refractivity contribution in [3.63, 3.8) is 0 Å². The second kappa shape index (κ2) is 12.6. The molecule has 36 heavy (non-hydrogen) atoms. The van der Waals surface area contributed by atoms with Crippen LogP contribution in [-0.4, -0.2) is 40.1 Å². The number of aliphatic hydroxyl groups excluding tert-OH is 2. The van der Waals surface area contributed by atoms with Crippen LogP contribution in [0.4, 0.5) is 0 Å². The molecule has 0 aromatic heterocycles. The van der Waals surface area contributed by atoms with Gasteiger partial charge in [-0.3, -0.25) is 4.79 Å². The Hall–Kier alpha value is -2.63. The first-order valence-corrected chi connectivity index (χ1v) is 12.9. The van der Waals surface area contributed by atoms with E-state index in [1.165, 1.54) is 16.7 Å². The number of benzene rings is 2. The van der Waals surface area contributed by atoms with Crippen LogP contribution in [0, 0.1) is 19.3 Å². The van der Waals surface area contributed by atoms with E-state index in [-0.39, 0.29) is 30.3 Å². The van der Waals surface area contributed by atoms with Crippen molar-refractivity contribution < 1.29 is 24.9 Å². The van der Waals surface area contributed by atoms with E-state index in [1.54, 1.807) is 0 Å². The summed E-state index contributed by atoms with van der Waals surface area (Å²) in [6.45, 7) is 14.7. The number of hydrogen-bond acceptors (Lipinski definition) is 4. The van der Waals surface area contributed by atoms with Gasteiger partial charge in [-0.25, -0.2) is 0 Å². The quantitative estimate of drug-likeness (QED) is 0.315. The Morgan fingerprint density at radius 3 is 2.06 bits per heavy atom. The van der Waals surface area contributed by atoms with Crippen molar-refractivity contribution in [2.75, 3.05) is 6.61 Å². The summed E-state index contributed by atoms with van der Waals surface area (Å²) < 4.78 is 5.81. The third-order valence-electron chi connectivity index (χ3n) is 7.23. The van der Waals surface area contributed by atoms with Gasteiger partial charge in [-0.1, -0.05) is 77.1 Å². The van der Waals surface area contributed by atoms with Crippen LogP contribution in [0.1, 0.15) is 88.1 Å². The van der Waals surface area contributed by atoms with Crippen LogP contribution < -0.4 is 4.74 Å². The lowest BCUT2D eigenvalue weighted by molar-refractivity contribution is -0.137. The molecule has 2 aromatic carbocycles. The highest BCUT2D eigenvalue weighted by molar-refractivity contribution is 5.66. The van der Waals surface area contributed by atoms with Crippen molar-refractivity contribution in [2.45, 2.75) is 91.8 Å². The third kappa shape index (κ3) is 7.44. The Morgan fingerprint density at radius 2 is 1.56 bits per heavy atom. The minimum Gasteiger partial charge on any atom is -0.491 e. The lowest BCUT2D eigenvalue weighted by atomic mass is 9.70. The number of carboxylic acid groups (broad SMARTS) is 1. The van der Waals surface area contributed by atoms with E-state index in [9.17, 15) is 15.0 Å². The van der Waals surface area contributed by atoms with Crippen molar-refractivity contribution in [3.8, 4) is 5.75 Å². The molecule has 2 aromatic rings. The van der Waals surface area contributed by atoms with E-state index in [2.05, 4.69) is 51.1 Å². The average Bonchev–Trinajstić information content (AvgIpc) is 2.82. The number of carbonyl (C=O) groups is 1. The van der Waals surface area contributed by atoms with Crippen molar-refractivity contribution in [1.82, 2.24) is 0 Å². The van der Waals surface area contributed by atoms with Crippen molar-refractivity contribution in [3.05, 3.63) is 70.3 Å². The van der Waals surface area contributed by atoms with Gasteiger partial charge in [-0.2, -0.15) is 0 Å². The maximum Gasteiger partial charge on any atom is 0.303 e. The van der Waals surface area contributed by atoms with E-state index >= 15 is 0 Å². The van der Waals surface area contributed by atoms with E-state index in [4.69, 9.17) is 9.84 Å². The molecular formula is C31H44O5. The van der Waals surface area contributed by atoms with Gasteiger partial charge < -0.3 is 20.1 Å². The summed E-state index contributed by atoms with van der Waals surface area (Å²) in [6.07, 6.45) is 4.52. The lowest BCUT2D eigenvalue weighted by Crippen LogP contribution is -2.26. The minimum absolute atomic E-state index is 0.0677. The molecule has 3 N–H and O–H groups in total. The molecule has 2 rings (SSSR count). The van der Waals surface area contributed by atoms with Crippen LogP contribution in [0.2, 0.25) is 0 Å². The van der Waals surface area contributed by atoms with E-state index < -0.39 is 18.2 Å². The average molecular weight is 497 g/mol. The molecule has 0 heterocycles. The van der Waals surface area contributed by atoms with Crippen LogP contribution in [-0.2, 0) is 10.2 Å². The molecule has 0 bridgehead atoms. The zero-order chi connectivity index (χ0) is 27.1. The number of aryl methyl sites for hydroxylation is 2. The SMILES string of the molecule is CCC(CC)(c1ccc(/C=C/C(O)C(C)(C)C)c(C)c1)c1ccc(OC[C@H](O)CCC(=O)O)c(C)c1. The number of hydrogen-bond donors (Lipinski definition) is 3.